The van der Waals surface area contributed by atoms with Gasteiger partial charge in [-0.2, -0.15) is 0 Å². The van der Waals surface area contributed by atoms with Crippen molar-refractivity contribution in [3.63, 3.8) is 0 Å². The van der Waals surface area contributed by atoms with Crippen molar-refractivity contribution in [1.29, 1.82) is 0 Å². The monoisotopic (exact) mass is 183 g/mol. The molecule has 0 unspecified atom stereocenters. The molecule has 0 aliphatic heterocycles. The minimum Gasteiger partial charge on any atom is -0.219 e. The molecule has 1 aromatic carbocycles. The Labute approximate surface area is 72.5 Å². The van der Waals surface area contributed by atoms with Gasteiger partial charge in [0.2, 0.25) is 9.84 Å². The van der Waals surface area contributed by atoms with Crippen LogP contribution in [0.1, 0.15) is 6.92 Å². The largest absolute Gasteiger partial charge is 0.219 e. The lowest BCUT2D eigenvalue weighted by molar-refractivity contribution is 0.602. The number of hydrogen-bond acceptors (Lipinski definition) is 2. The molecule has 0 amide bonds. The number of benzene rings is 1. The van der Waals surface area contributed by atoms with Gasteiger partial charge in [-0.1, -0.05) is 24.8 Å². The zero-order chi connectivity index (χ0) is 9.19. The Bertz CT molecular complexity index is 376. The fourth-order valence-corrected chi connectivity index (χ4v) is 1.72. The van der Waals surface area contributed by atoms with Crippen molar-refractivity contribution >= 4 is 9.84 Å². The van der Waals surface area contributed by atoms with Gasteiger partial charge in [0.25, 0.3) is 0 Å². The molecule has 0 N–H and O–H groups in total. The van der Waals surface area contributed by atoms with Gasteiger partial charge in [0.05, 0.1) is 4.90 Å². The highest BCUT2D eigenvalue weighted by atomic mass is 32.2. The van der Waals surface area contributed by atoms with Crippen LogP contribution < -0.4 is 0 Å². The summed E-state index contributed by atoms with van der Waals surface area (Å²) in [5.41, 5.74) is 0. The van der Waals surface area contributed by atoms with Gasteiger partial charge in [0, 0.05) is 4.91 Å². The van der Waals surface area contributed by atoms with E-state index in [2.05, 4.69) is 6.58 Å². The van der Waals surface area contributed by atoms with E-state index in [0.717, 1.165) is 0 Å². The van der Waals surface area contributed by atoms with Crippen molar-refractivity contribution in [2.45, 2.75) is 11.8 Å². The van der Waals surface area contributed by atoms with Crippen molar-refractivity contribution in [2.24, 2.45) is 0 Å². The fourth-order valence-electron chi connectivity index (χ4n) is 0.801. The Hall–Kier alpha value is -1.09. The first-order valence-corrected chi connectivity index (χ1v) is 4.99. The first kappa shape index (κ1) is 9.00. The minimum atomic E-state index is -3.27. The van der Waals surface area contributed by atoms with Crippen LogP contribution in [0.4, 0.5) is 0 Å². The minimum absolute atomic E-state index is 0.175. The topological polar surface area (TPSA) is 34.1 Å². The molecule has 2 nitrogen and oxygen atoms in total. The van der Waals surface area contributed by atoms with Crippen LogP contribution in [0, 0.1) is 0 Å². The van der Waals surface area contributed by atoms with E-state index in [1.165, 1.54) is 6.92 Å². The number of sulfone groups is 1. The molecule has 0 saturated heterocycles. The fraction of sp³-hybridized carbons (Fsp3) is 0.111. The maximum atomic E-state index is 11.4. The molecule has 0 bridgehead atoms. The molecule has 0 radical (unpaired) electrons. The van der Waals surface area contributed by atoms with E-state index < -0.39 is 9.84 Å². The Balaban J connectivity index is 3.26. The quantitative estimate of drug-likeness (QED) is 0.657. The molecule has 1 aromatic rings. The van der Waals surface area contributed by atoms with E-state index in [1.54, 1.807) is 30.3 Å². The number of allylic oxidation sites excluding steroid dienone is 1. The van der Waals surface area contributed by atoms with Crippen LogP contribution in [-0.4, -0.2) is 8.42 Å². The van der Waals surface area contributed by atoms with Crippen LogP contribution in [0.3, 0.4) is 0 Å². The SMILES string of the molecule is C=C([13CH3])S(=O)(=O)c1ccccc1. The Kier molecular flexibility index (Phi) is 2.33. The molecular weight excluding hydrogens is 173 g/mol. The molecule has 64 valence electrons. The Morgan fingerprint density at radius 1 is 1.25 bits per heavy atom. The summed E-state index contributed by atoms with van der Waals surface area (Å²) in [5.74, 6) is 0. The zero-order valence-corrected chi connectivity index (χ0v) is 7.64. The third kappa shape index (κ3) is 1.56. The lowest BCUT2D eigenvalue weighted by atomic mass is 10.4. The van der Waals surface area contributed by atoms with Crippen molar-refractivity contribution in [3.05, 3.63) is 41.8 Å². The molecule has 0 atom stereocenters. The third-order valence-electron chi connectivity index (χ3n) is 1.51. The Morgan fingerprint density at radius 3 is 2.17 bits per heavy atom. The molecule has 0 spiro atoms. The van der Waals surface area contributed by atoms with Gasteiger partial charge in [-0.15, -0.1) is 0 Å². The summed E-state index contributed by atoms with van der Waals surface area (Å²) in [7, 11) is -3.27. The maximum Gasteiger partial charge on any atom is 0.201 e. The molecule has 0 saturated carbocycles. The van der Waals surface area contributed by atoms with Gasteiger partial charge in [-0.05, 0) is 19.1 Å². The number of hydrogen-bond donors (Lipinski definition) is 0. The molecule has 0 heterocycles. The van der Waals surface area contributed by atoms with Gasteiger partial charge in [-0.25, -0.2) is 8.42 Å². The van der Waals surface area contributed by atoms with Crippen molar-refractivity contribution < 1.29 is 8.42 Å². The summed E-state index contributed by atoms with van der Waals surface area (Å²) >= 11 is 0. The van der Waals surface area contributed by atoms with Crippen LogP contribution in [0.5, 0.6) is 0 Å². The highest BCUT2D eigenvalue weighted by molar-refractivity contribution is 7.95. The van der Waals surface area contributed by atoms with Gasteiger partial charge >= 0.3 is 0 Å². The Morgan fingerprint density at radius 2 is 1.75 bits per heavy atom. The molecule has 3 heteroatoms. The van der Waals surface area contributed by atoms with E-state index in [4.69, 9.17) is 0 Å². The van der Waals surface area contributed by atoms with E-state index in [1.807, 2.05) is 0 Å². The highest BCUT2D eigenvalue weighted by Gasteiger charge is 2.13. The van der Waals surface area contributed by atoms with Crippen molar-refractivity contribution in [3.8, 4) is 0 Å². The lowest BCUT2D eigenvalue weighted by Gasteiger charge is -2.01. The lowest BCUT2D eigenvalue weighted by Crippen LogP contribution is -2.00. The van der Waals surface area contributed by atoms with Crippen LogP contribution in [0.2, 0.25) is 0 Å². The molecular formula is C9H10O2S. The smallest absolute Gasteiger partial charge is 0.201 e. The van der Waals surface area contributed by atoms with Gasteiger partial charge < -0.3 is 0 Å². The summed E-state index contributed by atoms with van der Waals surface area (Å²) < 4.78 is 22.9. The predicted molar refractivity (Wildman–Crippen MR) is 48.4 cm³/mol. The standard InChI is InChI=1S/C9H10O2S/c1-8(2)12(10,11)9-6-4-3-5-7-9/h3-7H,1H2,2H3/i2+1. The van der Waals surface area contributed by atoms with Crippen LogP contribution >= 0.6 is 0 Å². The molecule has 0 aliphatic rings. The third-order valence-corrected chi connectivity index (χ3v) is 3.32. The van der Waals surface area contributed by atoms with E-state index in [0.29, 0.717) is 4.90 Å². The summed E-state index contributed by atoms with van der Waals surface area (Å²) in [6.07, 6.45) is 0. The summed E-state index contributed by atoms with van der Waals surface area (Å²) in [6.45, 7) is 4.90. The summed E-state index contributed by atoms with van der Waals surface area (Å²) in [5, 5.41) is 0. The van der Waals surface area contributed by atoms with Crippen LogP contribution in [0.25, 0.3) is 0 Å². The molecule has 1 rings (SSSR count). The van der Waals surface area contributed by atoms with E-state index in [9.17, 15) is 8.42 Å². The summed E-state index contributed by atoms with van der Waals surface area (Å²) in [4.78, 5) is 0.478. The van der Waals surface area contributed by atoms with E-state index >= 15 is 0 Å². The molecule has 0 fully saturated rings. The summed E-state index contributed by atoms with van der Waals surface area (Å²) in [6, 6.07) is 8.27. The number of rotatable bonds is 2. The second kappa shape index (κ2) is 3.11. The molecule has 0 aliphatic carbocycles. The first-order chi connectivity index (χ1) is 5.55. The van der Waals surface area contributed by atoms with Crippen LogP contribution in [0.15, 0.2) is 46.7 Å². The zero-order valence-electron chi connectivity index (χ0n) is 6.82. The van der Waals surface area contributed by atoms with Crippen molar-refractivity contribution in [1.82, 2.24) is 0 Å². The normalized spacial score (nSPS) is 11.1. The second-order valence-corrected chi connectivity index (χ2v) is 4.69. The van der Waals surface area contributed by atoms with Crippen LogP contribution in [-0.2, 0) is 9.84 Å². The predicted octanol–water partition coefficient (Wildman–Crippen LogP) is 1.99. The average molecular weight is 183 g/mol. The van der Waals surface area contributed by atoms with Gasteiger partial charge in [0.15, 0.2) is 0 Å². The second-order valence-electron chi connectivity index (χ2n) is 2.52. The van der Waals surface area contributed by atoms with E-state index in [-0.39, 0.29) is 4.91 Å². The highest BCUT2D eigenvalue weighted by Crippen LogP contribution is 2.15. The first-order valence-electron chi connectivity index (χ1n) is 3.51. The molecule has 12 heavy (non-hydrogen) atoms. The average Bonchev–Trinajstić information content (AvgIpc) is 2.06. The van der Waals surface area contributed by atoms with Gasteiger partial charge in [0.1, 0.15) is 0 Å². The van der Waals surface area contributed by atoms with Crippen molar-refractivity contribution in [2.75, 3.05) is 0 Å². The maximum absolute atomic E-state index is 11.4. The molecule has 0 aromatic heterocycles. The van der Waals surface area contributed by atoms with Gasteiger partial charge in [-0.3, -0.25) is 0 Å².